The monoisotopic (exact) mass is 414 g/mol. The van der Waals surface area contributed by atoms with Crippen LogP contribution in [0.2, 0.25) is 0 Å². The van der Waals surface area contributed by atoms with Crippen LogP contribution in [0.1, 0.15) is 10.4 Å². The summed E-state index contributed by atoms with van der Waals surface area (Å²) < 4.78 is 41.5. The van der Waals surface area contributed by atoms with E-state index in [1.54, 1.807) is 27.9 Å². The van der Waals surface area contributed by atoms with E-state index in [2.05, 4.69) is 5.10 Å². The fraction of sp³-hybridized carbons (Fsp3) is 0.200. The Bertz CT molecular complexity index is 1090. The summed E-state index contributed by atoms with van der Waals surface area (Å²) in [5.41, 5.74) is 1.39. The van der Waals surface area contributed by atoms with Gasteiger partial charge in [0.05, 0.1) is 10.6 Å². The number of carbonyl (C=O) groups is 1. The molecule has 29 heavy (non-hydrogen) atoms. The molecule has 1 fully saturated rings. The van der Waals surface area contributed by atoms with Crippen LogP contribution in [-0.2, 0) is 10.0 Å². The highest BCUT2D eigenvalue weighted by atomic mass is 32.2. The summed E-state index contributed by atoms with van der Waals surface area (Å²) in [6.45, 7) is 0.966. The molecule has 2 aromatic carbocycles. The Kier molecular flexibility index (Phi) is 5.16. The second kappa shape index (κ2) is 7.76. The summed E-state index contributed by atoms with van der Waals surface area (Å²) in [6.07, 6.45) is 3.50. The average molecular weight is 414 g/mol. The first kappa shape index (κ1) is 19.3. The van der Waals surface area contributed by atoms with Crippen LogP contribution < -0.4 is 0 Å². The minimum atomic E-state index is -3.70. The largest absolute Gasteiger partial charge is 0.336 e. The molecule has 1 aliphatic heterocycles. The smallest absolute Gasteiger partial charge is 0.253 e. The number of rotatable bonds is 4. The Hall–Kier alpha value is -3.04. The Morgan fingerprint density at radius 2 is 1.59 bits per heavy atom. The molecule has 0 aliphatic carbocycles. The van der Waals surface area contributed by atoms with Gasteiger partial charge in [-0.1, -0.05) is 0 Å². The minimum absolute atomic E-state index is 0.0490. The third-order valence-corrected chi connectivity index (χ3v) is 6.77. The van der Waals surface area contributed by atoms with Crippen molar-refractivity contribution in [1.29, 1.82) is 0 Å². The lowest BCUT2D eigenvalue weighted by molar-refractivity contribution is 0.0698. The summed E-state index contributed by atoms with van der Waals surface area (Å²) in [4.78, 5) is 14.4. The van der Waals surface area contributed by atoms with Crippen molar-refractivity contribution < 1.29 is 17.6 Å². The zero-order valence-corrected chi connectivity index (χ0v) is 16.3. The topological polar surface area (TPSA) is 75.5 Å². The molecule has 1 aromatic heterocycles. The van der Waals surface area contributed by atoms with Crippen LogP contribution in [0.25, 0.3) is 5.69 Å². The maximum Gasteiger partial charge on any atom is 0.253 e. The third kappa shape index (κ3) is 3.92. The van der Waals surface area contributed by atoms with Gasteiger partial charge in [-0.2, -0.15) is 9.40 Å². The molecule has 0 atom stereocenters. The van der Waals surface area contributed by atoms with Crippen LogP contribution >= 0.6 is 0 Å². The standard InChI is InChI=1S/C20H19FN4O3S/c21-17-4-8-19(9-5-17)29(27,28)24-14-12-23(13-15-24)20(26)16-2-6-18(7-3-16)25-11-1-10-22-25/h1-11H,12-15H2. The van der Waals surface area contributed by atoms with Gasteiger partial charge in [-0.3, -0.25) is 4.79 Å². The highest BCUT2D eigenvalue weighted by Gasteiger charge is 2.30. The quantitative estimate of drug-likeness (QED) is 0.656. The van der Waals surface area contributed by atoms with Crippen molar-refractivity contribution in [3.63, 3.8) is 0 Å². The van der Waals surface area contributed by atoms with Gasteiger partial charge in [-0.15, -0.1) is 0 Å². The highest BCUT2D eigenvalue weighted by molar-refractivity contribution is 7.89. The maximum atomic E-state index is 13.1. The number of amides is 1. The number of halogens is 1. The number of hydrogen-bond acceptors (Lipinski definition) is 4. The van der Waals surface area contributed by atoms with Crippen molar-refractivity contribution in [3.8, 4) is 5.69 Å². The molecule has 0 radical (unpaired) electrons. The van der Waals surface area contributed by atoms with Gasteiger partial charge in [0.15, 0.2) is 0 Å². The molecule has 1 amide bonds. The Balaban J connectivity index is 1.41. The van der Waals surface area contributed by atoms with E-state index in [4.69, 9.17) is 0 Å². The van der Waals surface area contributed by atoms with Crippen LogP contribution in [0, 0.1) is 5.82 Å². The maximum absolute atomic E-state index is 13.1. The summed E-state index contributed by atoms with van der Waals surface area (Å²) in [5.74, 6) is -0.631. The highest BCUT2D eigenvalue weighted by Crippen LogP contribution is 2.19. The number of carbonyl (C=O) groups excluding carboxylic acids is 1. The second-order valence-electron chi connectivity index (χ2n) is 6.65. The molecule has 9 heteroatoms. The first-order valence-electron chi connectivity index (χ1n) is 9.10. The zero-order chi connectivity index (χ0) is 20.4. The molecule has 0 bridgehead atoms. The van der Waals surface area contributed by atoms with E-state index in [-0.39, 0.29) is 23.9 Å². The van der Waals surface area contributed by atoms with E-state index < -0.39 is 15.8 Å². The van der Waals surface area contributed by atoms with Crippen molar-refractivity contribution in [1.82, 2.24) is 19.0 Å². The molecule has 1 aliphatic rings. The number of benzene rings is 2. The van der Waals surface area contributed by atoms with Crippen molar-refractivity contribution >= 4 is 15.9 Å². The van der Waals surface area contributed by atoms with Crippen molar-refractivity contribution in [3.05, 3.63) is 78.4 Å². The van der Waals surface area contributed by atoms with Crippen LogP contribution in [0.3, 0.4) is 0 Å². The molecule has 4 rings (SSSR count). The van der Waals surface area contributed by atoms with Crippen LogP contribution in [-0.4, -0.2) is 59.5 Å². The van der Waals surface area contributed by atoms with Gasteiger partial charge in [0, 0.05) is 44.1 Å². The first-order valence-corrected chi connectivity index (χ1v) is 10.5. The average Bonchev–Trinajstić information content (AvgIpc) is 3.29. The van der Waals surface area contributed by atoms with Crippen molar-refractivity contribution in [2.24, 2.45) is 0 Å². The van der Waals surface area contributed by atoms with Gasteiger partial charge in [0.25, 0.3) is 5.91 Å². The lowest BCUT2D eigenvalue weighted by Gasteiger charge is -2.34. The third-order valence-electron chi connectivity index (χ3n) is 4.86. The van der Waals surface area contributed by atoms with Gasteiger partial charge in [-0.25, -0.2) is 17.5 Å². The predicted molar refractivity (Wildman–Crippen MR) is 105 cm³/mol. The van der Waals surface area contributed by atoms with Gasteiger partial charge in [-0.05, 0) is 54.6 Å². The molecular weight excluding hydrogens is 395 g/mol. The number of piperazine rings is 1. The summed E-state index contributed by atoms with van der Waals surface area (Å²) in [7, 11) is -3.70. The van der Waals surface area contributed by atoms with Gasteiger partial charge in [0.2, 0.25) is 10.0 Å². The minimum Gasteiger partial charge on any atom is -0.336 e. The van der Waals surface area contributed by atoms with Crippen molar-refractivity contribution in [2.75, 3.05) is 26.2 Å². The fourth-order valence-electron chi connectivity index (χ4n) is 3.25. The second-order valence-corrected chi connectivity index (χ2v) is 8.59. The van der Waals surface area contributed by atoms with Gasteiger partial charge >= 0.3 is 0 Å². The molecule has 1 saturated heterocycles. The molecule has 7 nitrogen and oxygen atoms in total. The SMILES string of the molecule is O=C(c1ccc(-n2cccn2)cc1)N1CCN(S(=O)(=O)c2ccc(F)cc2)CC1. The number of aromatic nitrogens is 2. The summed E-state index contributed by atoms with van der Waals surface area (Å²) in [5, 5.41) is 4.15. The number of sulfonamides is 1. The lowest BCUT2D eigenvalue weighted by Crippen LogP contribution is -2.50. The van der Waals surface area contributed by atoms with E-state index >= 15 is 0 Å². The Morgan fingerprint density at radius 1 is 0.931 bits per heavy atom. The van der Waals surface area contributed by atoms with E-state index in [0.717, 1.165) is 17.8 Å². The van der Waals surface area contributed by atoms with Crippen molar-refractivity contribution in [2.45, 2.75) is 4.90 Å². The molecular formula is C20H19FN4O3S. The zero-order valence-electron chi connectivity index (χ0n) is 15.5. The fourth-order valence-corrected chi connectivity index (χ4v) is 4.67. The molecule has 150 valence electrons. The van der Waals surface area contributed by atoms with E-state index in [1.165, 1.54) is 16.4 Å². The lowest BCUT2D eigenvalue weighted by atomic mass is 10.1. The Labute approximate surface area is 168 Å². The van der Waals surface area contributed by atoms with E-state index in [1.807, 2.05) is 24.4 Å². The van der Waals surface area contributed by atoms with E-state index in [9.17, 15) is 17.6 Å². The molecule has 0 N–H and O–H groups in total. The predicted octanol–water partition coefficient (Wildman–Crippen LogP) is 2.16. The van der Waals surface area contributed by atoms with Crippen LogP contribution in [0.4, 0.5) is 4.39 Å². The summed E-state index contributed by atoms with van der Waals surface area (Å²) in [6, 6.07) is 13.7. The molecule has 3 aromatic rings. The van der Waals surface area contributed by atoms with Gasteiger partial charge in [0.1, 0.15) is 5.82 Å². The molecule has 0 spiro atoms. The molecule has 0 unspecified atom stereocenters. The number of hydrogen-bond donors (Lipinski definition) is 0. The molecule has 0 saturated carbocycles. The van der Waals surface area contributed by atoms with Crippen LogP contribution in [0.15, 0.2) is 71.9 Å². The van der Waals surface area contributed by atoms with E-state index in [0.29, 0.717) is 18.7 Å². The Morgan fingerprint density at radius 3 is 2.17 bits per heavy atom. The van der Waals surface area contributed by atoms with Gasteiger partial charge < -0.3 is 4.90 Å². The first-order chi connectivity index (χ1) is 13.9. The molecule has 2 heterocycles. The summed E-state index contributed by atoms with van der Waals surface area (Å²) >= 11 is 0. The van der Waals surface area contributed by atoms with Crippen LogP contribution in [0.5, 0.6) is 0 Å². The number of nitrogens with zero attached hydrogens (tertiary/aromatic N) is 4. The normalized spacial score (nSPS) is 15.4.